The van der Waals surface area contributed by atoms with Crippen LogP contribution in [0.4, 0.5) is 0 Å². The summed E-state index contributed by atoms with van der Waals surface area (Å²) in [6, 6.07) is 17.5. The first kappa shape index (κ1) is 22.8. The molecule has 2 aromatic carbocycles. The molecular weight excluding hydrogens is 459 g/mol. The summed E-state index contributed by atoms with van der Waals surface area (Å²) in [7, 11) is 0. The molecule has 0 spiro atoms. The Morgan fingerprint density at radius 1 is 1.16 bits per heavy atom. The monoisotopic (exact) mass is 474 g/mol. The Balaban J connectivity index is 1.66. The van der Waals surface area contributed by atoms with E-state index in [0.29, 0.717) is 16.5 Å². The predicted molar refractivity (Wildman–Crippen MR) is 121 cm³/mol. The van der Waals surface area contributed by atoms with Crippen molar-refractivity contribution in [3.63, 3.8) is 0 Å². The van der Waals surface area contributed by atoms with Crippen molar-refractivity contribution >= 4 is 46.8 Å². The predicted octanol–water partition coefficient (Wildman–Crippen LogP) is 6.60. The Hall–Kier alpha value is -2.91. The van der Waals surface area contributed by atoms with Gasteiger partial charge in [0.2, 0.25) is 0 Å². The van der Waals surface area contributed by atoms with Crippen molar-refractivity contribution in [2.24, 2.45) is 0 Å². The minimum Gasteiger partial charge on any atom is -0.483 e. The maximum atomic E-state index is 12.5. The van der Waals surface area contributed by atoms with Crippen molar-refractivity contribution in [1.82, 2.24) is 5.32 Å². The highest BCUT2D eigenvalue weighted by molar-refractivity contribution is 6.40. The van der Waals surface area contributed by atoms with Gasteiger partial charge < -0.3 is 14.5 Å². The molecule has 3 aromatic rings. The van der Waals surface area contributed by atoms with Crippen molar-refractivity contribution in [2.75, 3.05) is 0 Å². The number of rotatable bonds is 7. The molecule has 1 aromatic heterocycles. The third kappa shape index (κ3) is 6.05. The molecule has 5 nitrogen and oxygen atoms in total. The summed E-state index contributed by atoms with van der Waals surface area (Å²) in [6.07, 6.45) is 1.37. The van der Waals surface area contributed by atoms with Crippen LogP contribution in [0.5, 0.6) is 5.75 Å². The van der Waals surface area contributed by atoms with Crippen LogP contribution >= 0.6 is 34.8 Å². The number of hydrogen-bond acceptors (Lipinski definition) is 4. The number of ether oxygens (including phenoxy) is 1. The third-order valence-corrected chi connectivity index (χ3v) is 5.08. The van der Waals surface area contributed by atoms with Gasteiger partial charge in [0.05, 0.1) is 16.1 Å². The second kappa shape index (κ2) is 10.4. The molecule has 0 aliphatic rings. The lowest BCUT2D eigenvalue weighted by Crippen LogP contribution is -2.27. The van der Waals surface area contributed by atoms with Gasteiger partial charge in [-0.05, 0) is 36.8 Å². The standard InChI is InChI=1S/C23H17Cl3N2O3/c1-14(15-5-3-2-4-6-15)28-23(29)16(12-27)9-18-7-8-19(31-18)13-30-22-20(25)10-17(24)11-21(22)26/h2-11,14H,13H2,1H3,(H,28,29). The number of nitriles is 1. The second-order valence-electron chi connectivity index (χ2n) is 6.57. The molecule has 1 heterocycles. The lowest BCUT2D eigenvalue weighted by atomic mass is 10.1. The molecule has 1 N–H and O–H groups in total. The van der Waals surface area contributed by atoms with E-state index in [4.69, 9.17) is 44.0 Å². The lowest BCUT2D eigenvalue weighted by molar-refractivity contribution is -0.117. The zero-order valence-electron chi connectivity index (χ0n) is 16.4. The van der Waals surface area contributed by atoms with E-state index in [0.717, 1.165) is 5.56 Å². The highest BCUT2D eigenvalue weighted by Gasteiger charge is 2.15. The fraction of sp³-hybridized carbons (Fsp3) is 0.130. The minimum absolute atomic E-state index is 0.0496. The summed E-state index contributed by atoms with van der Waals surface area (Å²) in [5, 5.41) is 13.2. The Morgan fingerprint density at radius 2 is 1.84 bits per heavy atom. The second-order valence-corrected chi connectivity index (χ2v) is 7.82. The van der Waals surface area contributed by atoms with Crippen LogP contribution in [-0.4, -0.2) is 5.91 Å². The van der Waals surface area contributed by atoms with E-state index in [-0.39, 0.29) is 34.0 Å². The Bertz CT molecular complexity index is 1130. The summed E-state index contributed by atoms with van der Waals surface area (Å²) in [6.45, 7) is 1.89. The molecule has 1 amide bonds. The van der Waals surface area contributed by atoms with Crippen LogP contribution in [0.3, 0.4) is 0 Å². The number of hydrogen-bond donors (Lipinski definition) is 1. The smallest absolute Gasteiger partial charge is 0.262 e. The maximum absolute atomic E-state index is 12.5. The fourth-order valence-electron chi connectivity index (χ4n) is 2.75. The van der Waals surface area contributed by atoms with Crippen LogP contribution in [0.1, 0.15) is 30.0 Å². The normalized spacial score (nSPS) is 12.2. The third-order valence-electron chi connectivity index (χ3n) is 4.30. The molecule has 3 rings (SSSR count). The highest BCUT2D eigenvalue weighted by Crippen LogP contribution is 2.36. The molecule has 8 heteroatoms. The number of nitrogens with one attached hydrogen (secondary N) is 1. The fourth-order valence-corrected chi connectivity index (χ4v) is 3.68. The van der Waals surface area contributed by atoms with Gasteiger partial charge in [0.25, 0.3) is 5.91 Å². The molecule has 1 atom stereocenters. The van der Waals surface area contributed by atoms with E-state index >= 15 is 0 Å². The lowest BCUT2D eigenvalue weighted by Gasteiger charge is -2.13. The van der Waals surface area contributed by atoms with Crippen LogP contribution in [-0.2, 0) is 11.4 Å². The summed E-state index contributed by atoms with van der Waals surface area (Å²) in [5.74, 6) is 0.593. The zero-order valence-corrected chi connectivity index (χ0v) is 18.6. The first-order valence-electron chi connectivity index (χ1n) is 9.21. The van der Waals surface area contributed by atoms with Gasteiger partial charge in [-0.2, -0.15) is 5.26 Å². The average Bonchev–Trinajstić information content (AvgIpc) is 3.19. The van der Waals surface area contributed by atoms with E-state index in [2.05, 4.69) is 5.32 Å². The van der Waals surface area contributed by atoms with Crippen molar-refractivity contribution in [2.45, 2.75) is 19.6 Å². The molecule has 0 aliphatic carbocycles. The summed E-state index contributed by atoms with van der Waals surface area (Å²) in [5.41, 5.74) is 0.860. The summed E-state index contributed by atoms with van der Waals surface area (Å²) >= 11 is 18.1. The molecule has 0 saturated carbocycles. The van der Waals surface area contributed by atoms with Crippen LogP contribution in [0.15, 0.2) is 64.6 Å². The van der Waals surface area contributed by atoms with Gasteiger partial charge >= 0.3 is 0 Å². The summed E-state index contributed by atoms with van der Waals surface area (Å²) < 4.78 is 11.3. The van der Waals surface area contributed by atoms with E-state index in [1.807, 2.05) is 43.3 Å². The average molecular weight is 476 g/mol. The van der Waals surface area contributed by atoms with Gasteiger partial charge in [0, 0.05) is 11.1 Å². The number of furan rings is 1. The van der Waals surface area contributed by atoms with Gasteiger partial charge in [-0.25, -0.2) is 0 Å². The Kier molecular flexibility index (Phi) is 7.64. The van der Waals surface area contributed by atoms with Crippen molar-refractivity contribution in [3.8, 4) is 11.8 Å². The minimum atomic E-state index is -0.493. The topological polar surface area (TPSA) is 75.3 Å². The van der Waals surface area contributed by atoms with Crippen LogP contribution in [0, 0.1) is 11.3 Å². The van der Waals surface area contributed by atoms with Crippen LogP contribution < -0.4 is 10.1 Å². The first-order chi connectivity index (χ1) is 14.9. The molecule has 158 valence electrons. The van der Waals surface area contributed by atoms with E-state index in [1.54, 1.807) is 12.1 Å². The molecule has 0 aliphatic heterocycles. The van der Waals surface area contributed by atoms with Crippen molar-refractivity contribution in [3.05, 3.63) is 92.3 Å². The number of amides is 1. The Labute approximate surface area is 194 Å². The number of nitrogens with zero attached hydrogens (tertiary/aromatic N) is 1. The quantitative estimate of drug-likeness (QED) is 0.308. The van der Waals surface area contributed by atoms with Crippen molar-refractivity contribution in [1.29, 1.82) is 5.26 Å². The number of benzene rings is 2. The van der Waals surface area contributed by atoms with E-state index in [9.17, 15) is 10.1 Å². The molecule has 31 heavy (non-hydrogen) atoms. The SMILES string of the molecule is CC(NC(=O)C(C#N)=Cc1ccc(COc2c(Cl)cc(Cl)cc2Cl)o1)c1ccccc1. The van der Waals surface area contributed by atoms with Gasteiger partial charge in [-0.1, -0.05) is 65.1 Å². The zero-order chi connectivity index (χ0) is 22.4. The number of carbonyl (C=O) groups excluding carboxylic acids is 1. The van der Waals surface area contributed by atoms with Crippen LogP contribution in [0.2, 0.25) is 15.1 Å². The molecule has 0 fully saturated rings. The molecule has 1 unspecified atom stereocenters. The first-order valence-corrected chi connectivity index (χ1v) is 10.3. The highest BCUT2D eigenvalue weighted by atomic mass is 35.5. The van der Waals surface area contributed by atoms with Gasteiger partial charge in [0.15, 0.2) is 5.75 Å². The van der Waals surface area contributed by atoms with Crippen molar-refractivity contribution < 1.29 is 13.9 Å². The maximum Gasteiger partial charge on any atom is 0.262 e. The Morgan fingerprint density at radius 3 is 2.48 bits per heavy atom. The molecule has 0 saturated heterocycles. The summed E-state index contributed by atoms with van der Waals surface area (Å²) in [4.78, 5) is 12.5. The molecule has 0 radical (unpaired) electrons. The molecular formula is C23H17Cl3N2O3. The molecule has 0 bridgehead atoms. The van der Waals surface area contributed by atoms with Gasteiger partial charge in [-0.3, -0.25) is 4.79 Å². The van der Waals surface area contributed by atoms with Gasteiger partial charge in [0.1, 0.15) is 29.8 Å². The van der Waals surface area contributed by atoms with E-state index in [1.165, 1.54) is 18.2 Å². The van der Waals surface area contributed by atoms with Gasteiger partial charge in [-0.15, -0.1) is 0 Å². The van der Waals surface area contributed by atoms with E-state index < -0.39 is 5.91 Å². The van der Waals surface area contributed by atoms with Crippen LogP contribution in [0.25, 0.3) is 6.08 Å². The largest absolute Gasteiger partial charge is 0.483 e. The number of carbonyl (C=O) groups is 1. The number of halogens is 3.